The van der Waals surface area contributed by atoms with Crippen LogP contribution >= 0.6 is 0 Å². The molecule has 1 aromatic carbocycles. The lowest BCUT2D eigenvalue weighted by Crippen LogP contribution is -2.18. The van der Waals surface area contributed by atoms with Gasteiger partial charge in [-0.3, -0.25) is 14.8 Å². The fourth-order valence-electron chi connectivity index (χ4n) is 1.63. The number of hydrogen-bond acceptors (Lipinski definition) is 5. The molecule has 7 nitrogen and oxygen atoms in total. The number of unbranched alkanes of at least 4 members (excludes halogenated alkanes) is 2. The molecule has 0 aliphatic heterocycles. The third-order valence-electron chi connectivity index (χ3n) is 2.76. The monoisotopic (exact) mass is 293 g/mol. The summed E-state index contributed by atoms with van der Waals surface area (Å²) in [5.41, 5.74) is 4.45. The number of carbonyl (C=O) groups is 2. The largest absolute Gasteiger partial charge is 0.507 e. The fraction of sp³-hybridized carbons (Fsp3) is 0.357. The van der Waals surface area contributed by atoms with Gasteiger partial charge < -0.3 is 5.11 Å². The highest BCUT2D eigenvalue weighted by Gasteiger charge is 2.02. The van der Waals surface area contributed by atoms with Crippen LogP contribution in [0, 0.1) is 0 Å². The average Bonchev–Trinajstić information content (AvgIpc) is 2.48. The van der Waals surface area contributed by atoms with E-state index in [1.165, 1.54) is 12.3 Å². The van der Waals surface area contributed by atoms with E-state index in [0.29, 0.717) is 31.2 Å². The van der Waals surface area contributed by atoms with Crippen molar-refractivity contribution in [3.63, 3.8) is 0 Å². The molecule has 0 saturated carbocycles. The summed E-state index contributed by atoms with van der Waals surface area (Å²) in [6.45, 7) is 0. The number of hydrogen-bond donors (Lipinski definition) is 4. The maximum Gasteiger partial charge on any atom is 0.243 e. The van der Waals surface area contributed by atoms with Crippen LogP contribution in [0.2, 0.25) is 0 Å². The second-order valence-electron chi connectivity index (χ2n) is 4.45. The lowest BCUT2D eigenvalue weighted by atomic mass is 10.1. The Balaban J connectivity index is 2.17. The van der Waals surface area contributed by atoms with Crippen molar-refractivity contribution in [2.45, 2.75) is 32.1 Å². The van der Waals surface area contributed by atoms with Crippen LogP contribution in [0.15, 0.2) is 29.4 Å². The van der Waals surface area contributed by atoms with Crippen LogP contribution in [0.3, 0.4) is 0 Å². The summed E-state index contributed by atoms with van der Waals surface area (Å²) in [6, 6.07) is 6.66. The predicted molar refractivity (Wildman–Crippen MR) is 76.9 cm³/mol. The number of hydroxylamine groups is 1. The van der Waals surface area contributed by atoms with Gasteiger partial charge in [-0.05, 0) is 25.0 Å². The number of nitrogens with zero attached hydrogens (tertiary/aromatic N) is 1. The smallest absolute Gasteiger partial charge is 0.243 e. The van der Waals surface area contributed by atoms with Crippen molar-refractivity contribution in [2.75, 3.05) is 0 Å². The van der Waals surface area contributed by atoms with Crippen molar-refractivity contribution in [2.24, 2.45) is 5.10 Å². The second-order valence-corrected chi connectivity index (χ2v) is 4.45. The molecule has 0 heterocycles. The summed E-state index contributed by atoms with van der Waals surface area (Å²) >= 11 is 0. The summed E-state index contributed by atoms with van der Waals surface area (Å²) in [6.07, 6.45) is 3.88. The molecule has 0 aliphatic carbocycles. The fourth-order valence-corrected chi connectivity index (χ4v) is 1.63. The zero-order valence-electron chi connectivity index (χ0n) is 11.6. The number of phenols is 1. The number of phenolic OH excluding ortho intramolecular Hbond substituents is 1. The Labute approximate surface area is 122 Å². The van der Waals surface area contributed by atoms with Crippen LogP contribution < -0.4 is 10.9 Å². The molecule has 0 aromatic heterocycles. The zero-order valence-corrected chi connectivity index (χ0v) is 11.6. The Morgan fingerprint density at radius 2 is 1.76 bits per heavy atom. The topological polar surface area (TPSA) is 111 Å². The van der Waals surface area contributed by atoms with E-state index in [0.717, 1.165) is 0 Å². The first-order valence-electron chi connectivity index (χ1n) is 6.66. The van der Waals surface area contributed by atoms with Crippen molar-refractivity contribution >= 4 is 18.0 Å². The molecule has 21 heavy (non-hydrogen) atoms. The van der Waals surface area contributed by atoms with Gasteiger partial charge in [0.05, 0.1) is 6.21 Å². The van der Waals surface area contributed by atoms with E-state index < -0.39 is 5.91 Å². The SMILES string of the molecule is O=C(CCCCCC(=O)N/N=C/c1ccccc1O)NO. The van der Waals surface area contributed by atoms with Crippen LogP contribution in [0.25, 0.3) is 0 Å². The van der Waals surface area contributed by atoms with Gasteiger partial charge in [-0.2, -0.15) is 5.10 Å². The molecular formula is C14H19N3O4. The number of carbonyl (C=O) groups excluding carboxylic acids is 2. The molecule has 0 atom stereocenters. The Hall–Kier alpha value is -2.41. The van der Waals surface area contributed by atoms with E-state index in [2.05, 4.69) is 10.5 Å². The summed E-state index contributed by atoms with van der Waals surface area (Å²) in [4.78, 5) is 22.2. The van der Waals surface area contributed by atoms with Gasteiger partial charge in [0.1, 0.15) is 5.75 Å². The van der Waals surface area contributed by atoms with Crippen LogP contribution in [0.1, 0.15) is 37.7 Å². The van der Waals surface area contributed by atoms with Gasteiger partial charge in [0.25, 0.3) is 0 Å². The summed E-state index contributed by atoms with van der Waals surface area (Å²) < 4.78 is 0. The van der Waals surface area contributed by atoms with Crippen molar-refractivity contribution in [3.05, 3.63) is 29.8 Å². The predicted octanol–water partition coefficient (Wildman–Crippen LogP) is 1.30. The first kappa shape index (κ1) is 16.6. The molecule has 0 unspecified atom stereocenters. The molecule has 2 amide bonds. The highest BCUT2D eigenvalue weighted by Crippen LogP contribution is 2.12. The van der Waals surface area contributed by atoms with Gasteiger partial charge >= 0.3 is 0 Å². The third kappa shape index (κ3) is 7.07. The number of amides is 2. The van der Waals surface area contributed by atoms with Crippen molar-refractivity contribution in [1.82, 2.24) is 10.9 Å². The van der Waals surface area contributed by atoms with Crippen LogP contribution in [-0.2, 0) is 9.59 Å². The van der Waals surface area contributed by atoms with Gasteiger partial charge in [-0.25, -0.2) is 10.9 Å². The molecule has 7 heteroatoms. The average molecular weight is 293 g/mol. The molecule has 0 fully saturated rings. The van der Waals surface area contributed by atoms with Gasteiger partial charge in [-0.1, -0.05) is 18.6 Å². The molecule has 0 radical (unpaired) electrons. The van der Waals surface area contributed by atoms with E-state index in [-0.39, 0.29) is 18.1 Å². The van der Waals surface area contributed by atoms with Crippen LogP contribution in [-0.4, -0.2) is 28.3 Å². The van der Waals surface area contributed by atoms with Gasteiger partial charge in [-0.15, -0.1) is 0 Å². The van der Waals surface area contributed by atoms with Crippen LogP contribution in [0.4, 0.5) is 0 Å². The molecule has 0 aliphatic rings. The summed E-state index contributed by atoms with van der Waals surface area (Å²) in [7, 11) is 0. The Morgan fingerprint density at radius 1 is 1.10 bits per heavy atom. The quantitative estimate of drug-likeness (QED) is 0.250. The van der Waals surface area contributed by atoms with E-state index in [1.807, 2.05) is 0 Å². The van der Waals surface area contributed by atoms with Crippen LogP contribution in [0.5, 0.6) is 5.75 Å². The molecular weight excluding hydrogens is 274 g/mol. The normalized spacial score (nSPS) is 10.5. The third-order valence-corrected chi connectivity index (χ3v) is 2.76. The molecule has 1 aromatic rings. The second kappa shape index (κ2) is 9.49. The van der Waals surface area contributed by atoms with E-state index >= 15 is 0 Å². The number of benzene rings is 1. The van der Waals surface area contributed by atoms with Gasteiger partial charge in [0.15, 0.2) is 0 Å². The Kier molecular flexibility index (Phi) is 7.52. The van der Waals surface area contributed by atoms with Gasteiger partial charge in [0.2, 0.25) is 11.8 Å². The minimum atomic E-state index is -0.424. The minimum Gasteiger partial charge on any atom is -0.507 e. The Bertz CT molecular complexity index is 503. The molecule has 114 valence electrons. The number of nitrogens with one attached hydrogen (secondary N) is 2. The number of para-hydroxylation sites is 1. The molecule has 4 N–H and O–H groups in total. The number of aromatic hydroxyl groups is 1. The highest BCUT2D eigenvalue weighted by atomic mass is 16.5. The first-order valence-corrected chi connectivity index (χ1v) is 6.66. The maximum absolute atomic E-state index is 11.5. The molecule has 0 spiro atoms. The minimum absolute atomic E-state index is 0.0951. The van der Waals surface area contributed by atoms with E-state index in [1.54, 1.807) is 23.7 Å². The lowest BCUT2D eigenvalue weighted by molar-refractivity contribution is -0.129. The number of hydrazone groups is 1. The molecule has 0 saturated heterocycles. The highest BCUT2D eigenvalue weighted by molar-refractivity contribution is 5.84. The zero-order chi connectivity index (χ0) is 15.5. The van der Waals surface area contributed by atoms with Gasteiger partial charge in [0, 0.05) is 18.4 Å². The Morgan fingerprint density at radius 3 is 2.43 bits per heavy atom. The summed E-state index contributed by atoms with van der Waals surface area (Å²) in [5.74, 6) is -0.558. The molecule has 1 rings (SSSR count). The van der Waals surface area contributed by atoms with Crippen molar-refractivity contribution < 1.29 is 19.9 Å². The van der Waals surface area contributed by atoms with Crippen molar-refractivity contribution in [1.29, 1.82) is 0 Å². The maximum atomic E-state index is 11.5. The van der Waals surface area contributed by atoms with Crippen molar-refractivity contribution in [3.8, 4) is 5.75 Å². The summed E-state index contributed by atoms with van der Waals surface area (Å²) in [5, 5.41) is 21.5. The first-order chi connectivity index (χ1) is 10.1. The standard InChI is InChI=1S/C14H19N3O4/c18-12-7-5-4-6-11(12)10-15-16-13(19)8-2-1-3-9-14(20)17-21/h4-7,10,18,21H,1-3,8-9H2,(H,16,19)(H,17,20)/b15-10+. The number of rotatable bonds is 8. The molecule has 0 bridgehead atoms. The van der Waals surface area contributed by atoms with E-state index in [9.17, 15) is 14.7 Å². The lowest BCUT2D eigenvalue weighted by Gasteiger charge is -2.01. The van der Waals surface area contributed by atoms with E-state index in [4.69, 9.17) is 5.21 Å².